The number of H-pyrrole nitrogens is 1. The minimum absolute atomic E-state index is 0.0969. The molecule has 9 heteroatoms. The van der Waals surface area contributed by atoms with Gasteiger partial charge in [-0.3, -0.25) is 14.5 Å². The summed E-state index contributed by atoms with van der Waals surface area (Å²) in [5.41, 5.74) is 7.67. The molecule has 0 bridgehead atoms. The number of carbonyl (C=O) groups excluding carboxylic acids is 1. The van der Waals surface area contributed by atoms with Gasteiger partial charge >= 0.3 is 4.87 Å². The lowest BCUT2D eigenvalue weighted by Crippen LogP contribution is -2.42. The molecule has 1 aromatic heterocycles. The number of nitrogens with two attached hydrogens (primary N) is 1. The zero-order valence-electron chi connectivity index (χ0n) is 20.5. The van der Waals surface area contributed by atoms with Crippen molar-refractivity contribution in [3.63, 3.8) is 0 Å². The molecule has 3 aromatic rings. The highest BCUT2D eigenvalue weighted by atomic mass is 32.1. The van der Waals surface area contributed by atoms with Crippen molar-refractivity contribution in [3.05, 3.63) is 63.0 Å². The Morgan fingerprint density at radius 2 is 1.78 bits per heavy atom. The van der Waals surface area contributed by atoms with Crippen molar-refractivity contribution >= 4 is 27.5 Å². The van der Waals surface area contributed by atoms with E-state index in [1.54, 1.807) is 18.2 Å². The normalized spacial score (nSPS) is 14.4. The SMILES string of the molecule is NC(=O)CCN(CCc1ccccc1F)CCN(CCc1ccc(O)c2[nH]c(=O)sc12)C1CCCC1. The second-order valence-electron chi connectivity index (χ2n) is 9.59. The molecule has 1 amide bonds. The number of halogens is 1. The summed E-state index contributed by atoms with van der Waals surface area (Å²) in [5.74, 6) is -0.438. The Bertz CT molecular complexity index is 1220. The van der Waals surface area contributed by atoms with Crippen molar-refractivity contribution in [2.75, 3.05) is 32.7 Å². The Morgan fingerprint density at radius 1 is 1.03 bits per heavy atom. The zero-order valence-corrected chi connectivity index (χ0v) is 21.4. The quantitative estimate of drug-likeness (QED) is 0.323. The van der Waals surface area contributed by atoms with Crippen LogP contribution in [-0.4, -0.2) is 64.6 Å². The first-order chi connectivity index (χ1) is 17.4. The van der Waals surface area contributed by atoms with E-state index < -0.39 is 0 Å². The number of nitrogens with one attached hydrogen (secondary N) is 1. The highest BCUT2D eigenvalue weighted by Crippen LogP contribution is 2.29. The van der Waals surface area contributed by atoms with E-state index >= 15 is 0 Å². The number of fused-ring (bicyclic) bond motifs is 1. The van der Waals surface area contributed by atoms with Gasteiger partial charge in [0.2, 0.25) is 5.91 Å². The topological polar surface area (TPSA) is 103 Å². The van der Waals surface area contributed by atoms with Gasteiger partial charge in [-0.05, 0) is 48.9 Å². The van der Waals surface area contributed by atoms with Crippen LogP contribution >= 0.6 is 11.3 Å². The third kappa shape index (κ3) is 6.93. The lowest BCUT2D eigenvalue weighted by molar-refractivity contribution is -0.118. The number of nitrogens with zero attached hydrogens (tertiary/aromatic N) is 2. The average molecular weight is 515 g/mol. The molecule has 0 atom stereocenters. The number of aromatic amines is 1. The van der Waals surface area contributed by atoms with Crippen LogP contribution in [0.4, 0.5) is 4.39 Å². The van der Waals surface area contributed by atoms with Crippen LogP contribution in [0.1, 0.15) is 43.2 Å². The predicted molar refractivity (Wildman–Crippen MR) is 142 cm³/mol. The molecule has 2 aromatic carbocycles. The van der Waals surface area contributed by atoms with Crippen LogP contribution in [0.2, 0.25) is 0 Å². The third-order valence-corrected chi connectivity index (χ3v) is 8.14. The summed E-state index contributed by atoms with van der Waals surface area (Å²) < 4.78 is 15.0. The van der Waals surface area contributed by atoms with E-state index in [9.17, 15) is 19.1 Å². The summed E-state index contributed by atoms with van der Waals surface area (Å²) in [7, 11) is 0. The average Bonchev–Trinajstić information content (AvgIpc) is 3.52. The number of primary amides is 1. The van der Waals surface area contributed by atoms with Gasteiger partial charge in [0, 0.05) is 45.2 Å². The number of thiazole rings is 1. The van der Waals surface area contributed by atoms with Crippen LogP contribution in [0, 0.1) is 5.82 Å². The maximum atomic E-state index is 14.1. The van der Waals surface area contributed by atoms with Gasteiger partial charge < -0.3 is 20.7 Å². The highest BCUT2D eigenvalue weighted by molar-refractivity contribution is 7.16. The predicted octanol–water partition coefficient (Wildman–Crippen LogP) is 3.64. The Kier molecular flexibility index (Phi) is 9.12. The van der Waals surface area contributed by atoms with Gasteiger partial charge in [0.15, 0.2) is 0 Å². The molecule has 36 heavy (non-hydrogen) atoms. The summed E-state index contributed by atoms with van der Waals surface area (Å²) >= 11 is 1.14. The number of amides is 1. The Hall–Kier alpha value is -2.75. The molecule has 7 nitrogen and oxygen atoms in total. The van der Waals surface area contributed by atoms with Crippen molar-refractivity contribution in [3.8, 4) is 5.75 Å². The summed E-state index contributed by atoms with van der Waals surface area (Å²) in [6.45, 7) is 3.65. The van der Waals surface area contributed by atoms with Gasteiger partial charge in [-0.25, -0.2) is 4.39 Å². The second kappa shape index (κ2) is 12.5. The standard InChI is InChI=1S/C27H35FN4O3S/c28-22-8-4-1-5-19(22)11-14-31(15-13-24(29)34)17-18-32(21-6-2-3-7-21)16-12-20-9-10-23(33)25-26(20)36-27(35)30-25/h1,4-5,8-10,21,33H,2-3,6-7,11-18H2,(H2,29,34)(H,30,35). The molecule has 1 fully saturated rings. The monoisotopic (exact) mass is 514 g/mol. The molecule has 4 N–H and O–H groups in total. The summed E-state index contributed by atoms with van der Waals surface area (Å²) in [4.78, 5) is 30.6. The number of hydrogen-bond acceptors (Lipinski definition) is 6. The van der Waals surface area contributed by atoms with Crippen LogP contribution in [-0.2, 0) is 17.6 Å². The number of rotatable bonds is 13. The molecule has 1 aliphatic carbocycles. The first-order valence-corrected chi connectivity index (χ1v) is 13.5. The van der Waals surface area contributed by atoms with Gasteiger partial charge in [0.1, 0.15) is 17.1 Å². The van der Waals surface area contributed by atoms with Crippen molar-refractivity contribution in [1.29, 1.82) is 0 Å². The van der Waals surface area contributed by atoms with Crippen LogP contribution in [0.25, 0.3) is 10.2 Å². The summed E-state index contributed by atoms with van der Waals surface area (Å²) in [5, 5.41) is 10.1. The molecule has 4 rings (SSSR count). The smallest absolute Gasteiger partial charge is 0.305 e. The largest absolute Gasteiger partial charge is 0.506 e. The number of hydrogen-bond donors (Lipinski definition) is 3. The van der Waals surface area contributed by atoms with E-state index in [0.29, 0.717) is 36.6 Å². The number of benzene rings is 2. The van der Waals surface area contributed by atoms with E-state index in [1.165, 1.54) is 31.7 Å². The van der Waals surface area contributed by atoms with Gasteiger partial charge in [-0.2, -0.15) is 0 Å². The number of aromatic hydroxyl groups is 1. The van der Waals surface area contributed by atoms with Crippen LogP contribution in [0.3, 0.4) is 0 Å². The van der Waals surface area contributed by atoms with Crippen LogP contribution in [0.15, 0.2) is 41.2 Å². The van der Waals surface area contributed by atoms with E-state index in [0.717, 1.165) is 47.7 Å². The Balaban J connectivity index is 1.42. The van der Waals surface area contributed by atoms with Crippen LogP contribution < -0.4 is 10.6 Å². The summed E-state index contributed by atoms with van der Waals surface area (Å²) in [6.07, 6.45) is 6.41. The van der Waals surface area contributed by atoms with E-state index in [4.69, 9.17) is 5.73 Å². The maximum absolute atomic E-state index is 14.1. The number of phenolic OH excluding ortho intramolecular Hbond substituents is 1. The molecular weight excluding hydrogens is 479 g/mol. The molecule has 0 unspecified atom stereocenters. The first-order valence-electron chi connectivity index (χ1n) is 12.7. The fraction of sp³-hybridized carbons (Fsp3) is 0.481. The fourth-order valence-electron chi connectivity index (χ4n) is 5.13. The van der Waals surface area contributed by atoms with E-state index in [2.05, 4.69) is 14.8 Å². The highest BCUT2D eigenvalue weighted by Gasteiger charge is 2.23. The second-order valence-corrected chi connectivity index (χ2v) is 10.6. The number of phenols is 1. The molecule has 0 aliphatic heterocycles. The van der Waals surface area contributed by atoms with Crippen molar-refractivity contribution < 1.29 is 14.3 Å². The summed E-state index contributed by atoms with van der Waals surface area (Å²) in [6, 6.07) is 10.9. The first kappa shape index (κ1) is 26.3. The zero-order chi connectivity index (χ0) is 25.5. The molecular formula is C27H35FN4O3S. The molecule has 0 radical (unpaired) electrons. The van der Waals surface area contributed by atoms with Gasteiger partial charge in [0.25, 0.3) is 0 Å². The lowest BCUT2D eigenvalue weighted by Gasteiger charge is -2.32. The molecule has 1 saturated carbocycles. The Labute approximate surface area is 214 Å². The van der Waals surface area contributed by atoms with Crippen molar-refractivity contribution in [2.24, 2.45) is 5.73 Å². The van der Waals surface area contributed by atoms with Crippen LogP contribution in [0.5, 0.6) is 5.75 Å². The third-order valence-electron chi connectivity index (χ3n) is 7.18. The molecule has 194 valence electrons. The maximum Gasteiger partial charge on any atom is 0.305 e. The van der Waals surface area contributed by atoms with E-state index in [1.807, 2.05) is 12.1 Å². The van der Waals surface area contributed by atoms with Crippen molar-refractivity contribution in [2.45, 2.75) is 51.0 Å². The minimum atomic E-state index is -0.333. The van der Waals surface area contributed by atoms with Gasteiger partial charge in [-0.1, -0.05) is 48.4 Å². The fourth-order valence-corrected chi connectivity index (χ4v) is 6.03. The molecule has 1 heterocycles. The lowest BCUT2D eigenvalue weighted by atomic mass is 10.1. The van der Waals surface area contributed by atoms with Crippen molar-refractivity contribution in [1.82, 2.24) is 14.8 Å². The van der Waals surface area contributed by atoms with Gasteiger partial charge in [0.05, 0.1) is 4.70 Å². The number of aromatic nitrogens is 1. The molecule has 0 spiro atoms. The molecule has 0 saturated heterocycles. The Morgan fingerprint density at radius 3 is 2.53 bits per heavy atom. The minimum Gasteiger partial charge on any atom is -0.506 e. The van der Waals surface area contributed by atoms with Gasteiger partial charge in [-0.15, -0.1) is 0 Å². The van der Waals surface area contributed by atoms with E-state index in [-0.39, 0.29) is 28.8 Å². The molecule has 1 aliphatic rings. The number of carbonyl (C=O) groups is 1.